The number of hydrogen-bond donors (Lipinski definition) is 2. The Balaban J connectivity index is 2.19. The summed E-state index contributed by atoms with van der Waals surface area (Å²) in [5.74, 6) is 0.746. The normalized spacial score (nSPS) is 10.1. The van der Waals surface area contributed by atoms with Gasteiger partial charge in [-0.15, -0.1) is 0 Å². The Kier molecular flexibility index (Phi) is 2.95. The molecule has 0 aliphatic rings. The lowest BCUT2D eigenvalue weighted by Gasteiger charge is -2.05. The highest BCUT2D eigenvalue weighted by Crippen LogP contribution is 2.28. The van der Waals surface area contributed by atoms with Gasteiger partial charge in [-0.25, -0.2) is 0 Å². The quantitative estimate of drug-likeness (QED) is 0.898. The number of rotatable bonds is 3. The Hall–Kier alpha value is -1.76. The zero-order valence-electron chi connectivity index (χ0n) is 8.40. The van der Waals surface area contributed by atoms with Crippen LogP contribution >= 0.6 is 15.9 Å². The number of methoxy groups -OCH3 is 1. The standard InChI is InChI=1S/C9H9BrN4O2/c1-15-7-3-2-5(4-6(7)10)12-9-14-13-8(11)16-9/h2-4H,1H3,(H2,11,13)(H,12,14). The molecule has 2 aromatic rings. The van der Waals surface area contributed by atoms with E-state index in [-0.39, 0.29) is 12.0 Å². The van der Waals surface area contributed by atoms with E-state index in [9.17, 15) is 0 Å². The summed E-state index contributed by atoms with van der Waals surface area (Å²) in [5.41, 5.74) is 6.09. The lowest BCUT2D eigenvalue weighted by atomic mass is 10.3. The number of benzene rings is 1. The average Bonchev–Trinajstić information content (AvgIpc) is 2.64. The number of nitrogens with zero attached hydrogens (tertiary/aromatic N) is 2. The summed E-state index contributed by atoms with van der Waals surface area (Å²) < 4.78 is 10.9. The number of ether oxygens (including phenoxy) is 1. The first kappa shape index (κ1) is 10.7. The van der Waals surface area contributed by atoms with E-state index in [1.54, 1.807) is 7.11 Å². The van der Waals surface area contributed by atoms with Crippen molar-refractivity contribution in [2.24, 2.45) is 0 Å². The first-order valence-electron chi connectivity index (χ1n) is 4.38. The van der Waals surface area contributed by atoms with Gasteiger partial charge in [-0.2, -0.15) is 0 Å². The molecule has 0 spiro atoms. The molecular weight excluding hydrogens is 276 g/mol. The number of nitrogens with one attached hydrogen (secondary N) is 1. The molecule has 16 heavy (non-hydrogen) atoms. The summed E-state index contributed by atoms with van der Waals surface area (Å²) in [6, 6.07) is 5.74. The van der Waals surface area contributed by atoms with E-state index in [0.29, 0.717) is 0 Å². The second kappa shape index (κ2) is 4.40. The molecule has 2 rings (SSSR count). The molecule has 0 aliphatic heterocycles. The van der Waals surface area contributed by atoms with Crippen molar-refractivity contribution in [2.75, 3.05) is 18.2 Å². The average molecular weight is 285 g/mol. The number of hydrogen-bond acceptors (Lipinski definition) is 6. The van der Waals surface area contributed by atoms with Crippen molar-refractivity contribution in [3.05, 3.63) is 22.7 Å². The maximum atomic E-state index is 5.30. The molecule has 7 heteroatoms. The molecule has 0 unspecified atom stereocenters. The van der Waals surface area contributed by atoms with Crippen molar-refractivity contribution < 1.29 is 9.15 Å². The molecular formula is C9H9BrN4O2. The summed E-state index contributed by atoms with van der Waals surface area (Å²) in [7, 11) is 1.60. The van der Waals surface area contributed by atoms with Crippen LogP contribution in [0.5, 0.6) is 5.75 Å². The third kappa shape index (κ3) is 2.25. The Morgan fingerprint density at radius 1 is 1.44 bits per heavy atom. The first-order valence-corrected chi connectivity index (χ1v) is 5.18. The van der Waals surface area contributed by atoms with E-state index in [0.717, 1.165) is 15.9 Å². The van der Waals surface area contributed by atoms with E-state index in [1.165, 1.54) is 0 Å². The maximum absolute atomic E-state index is 5.30. The molecule has 0 radical (unpaired) electrons. The van der Waals surface area contributed by atoms with E-state index in [2.05, 4.69) is 31.4 Å². The van der Waals surface area contributed by atoms with Crippen molar-refractivity contribution in [1.82, 2.24) is 10.2 Å². The van der Waals surface area contributed by atoms with Crippen molar-refractivity contribution in [1.29, 1.82) is 0 Å². The molecule has 0 aliphatic carbocycles. The van der Waals surface area contributed by atoms with Crippen LogP contribution in [0.1, 0.15) is 0 Å². The van der Waals surface area contributed by atoms with Gasteiger partial charge in [0.2, 0.25) is 0 Å². The van der Waals surface area contributed by atoms with Gasteiger partial charge in [0.25, 0.3) is 0 Å². The number of halogens is 1. The molecule has 0 amide bonds. The summed E-state index contributed by atoms with van der Waals surface area (Å²) in [6.45, 7) is 0. The van der Waals surface area contributed by atoms with E-state index >= 15 is 0 Å². The number of aromatic nitrogens is 2. The molecule has 0 saturated carbocycles. The topological polar surface area (TPSA) is 86.2 Å². The zero-order chi connectivity index (χ0) is 11.5. The summed E-state index contributed by atoms with van der Waals surface area (Å²) in [6.07, 6.45) is 0. The first-order chi connectivity index (χ1) is 7.69. The molecule has 1 aromatic carbocycles. The molecule has 84 valence electrons. The van der Waals surface area contributed by atoms with E-state index in [4.69, 9.17) is 14.9 Å². The van der Waals surface area contributed by atoms with Crippen molar-refractivity contribution in [3.63, 3.8) is 0 Å². The smallest absolute Gasteiger partial charge is 0.321 e. The van der Waals surface area contributed by atoms with Crippen LogP contribution in [0.15, 0.2) is 27.1 Å². The molecule has 1 aromatic heterocycles. The minimum atomic E-state index is 0.0232. The van der Waals surface area contributed by atoms with Crippen molar-refractivity contribution in [2.45, 2.75) is 0 Å². The number of nitrogen functional groups attached to an aromatic ring is 1. The van der Waals surface area contributed by atoms with Crippen LogP contribution in [-0.4, -0.2) is 17.3 Å². The van der Waals surface area contributed by atoms with Gasteiger partial charge in [0, 0.05) is 5.69 Å². The second-order valence-corrected chi connectivity index (χ2v) is 3.77. The highest BCUT2D eigenvalue weighted by molar-refractivity contribution is 9.10. The lowest BCUT2D eigenvalue weighted by molar-refractivity contribution is 0.412. The van der Waals surface area contributed by atoms with Crippen LogP contribution in [0.2, 0.25) is 0 Å². The van der Waals surface area contributed by atoms with Gasteiger partial charge in [0.05, 0.1) is 11.6 Å². The Bertz CT molecular complexity index is 500. The van der Waals surface area contributed by atoms with Gasteiger partial charge in [-0.05, 0) is 34.1 Å². The highest BCUT2D eigenvalue weighted by atomic mass is 79.9. The van der Waals surface area contributed by atoms with Crippen LogP contribution in [0.3, 0.4) is 0 Å². The van der Waals surface area contributed by atoms with Gasteiger partial charge in [-0.3, -0.25) is 0 Å². The monoisotopic (exact) mass is 284 g/mol. The predicted molar refractivity (Wildman–Crippen MR) is 62.7 cm³/mol. The molecule has 0 bridgehead atoms. The summed E-state index contributed by atoms with van der Waals surface area (Å²) in [5, 5.41) is 10.1. The van der Waals surface area contributed by atoms with Gasteiger partial charge in [0.1, 0.15) is 5.75 Å². The Labute approximate surface area is 99.9 Å². The predicted octanol–water partition coefficient (Wildman–Crippen LogP) is 2.17. The SMILES string of the molecule is COc1ccc(Nc2nnc(N)o2)cc1Br. The Morgan fingerprint density at radius 2 is 2.25 bits per heavy atom. The summed E-state index contributed by atoms with van der Waals surface area (Å²) in [4.78, 5) is 0. The molecule has 3 N–H and O–H groups in total. The van der Waals surface area contributed by atoms with Gasteiger partial charge in [-0.1, -0.05) is 10.2 Å². The van der Waals surface area contributed by atoms with Crippen LogP contribution in [0.25, 0.3) is 0 Å². The number of anilines is 3. The maximum Gasteiger partial charge on any atom is 0.321 e. The largest absolute Gasteiger partial charge is 0.496 e. The van der Waals surface area contributed by atoms with Gasteiger partial charge in [0.15, 0.2) is 0 Å². The molecule has 0 saturated heterocycles. The van der Waals surface area contributed by atoms with E-state index < -0.39 is 0 Å². The third-order valence-electron chi connectivity index (χ3n) is 1.84. The summed E-state index contributed by atoms with van der Waals surface area (Å²) >= 11 is 3.37. The minimum absolute atomic E-state index is 0.0232. The fraction of sp³-hybridized carbons (Fsp3) is 0.111. The van der Waals surface area contributed by atoms with Gasteiger partial charge >= 0.3 is 12.0 Å². The molecule has 0 fully saturated rings. The number of nitrogens with two attached hydrogens (primary N) is 1. The molecule has 0 atom stereocenters. The van der Waals surface area contributed by atoms with Crippen molar-refractivity contribution in [3.8, 4) is 5.75 Å². The lowest BCUT2D eigenvalue weighted by Crippen LogP contribution is -1.91. The van der Waals surface area contributed by atoms with Crippen LogP contribution in [0, 0.1) is 0 Å². The van der Waals surface area contributed by atoms with Crippen LogP contribution < -0.4 is 15.8 Å². The van der Waals surface area contributed by atoms with E-state index in [1.807, 2.05) is 18.2 Å². The molecule has 1 heterocycles. The minimum Gasteiger partial charge on any atom is -0.496 e. The van der Waals surface area contributed by atoms with Crippen molar-refractivity contribution >= 4 is 33.6 Å². The second-order valence-electron chi connectivity index (χ2n) is 2.92. The zero-order valence-corrected chi connectivity index (χ0v) is 9.98. The van der Waals surface area contributed by atoms with Crippen LogP contribution in [-0.2, 0) is 0 Å². The third-order valence-corrected chi connectivity index (χ3v) is 2.46. The fourth-order valence-corrected chi connectivity index (χ4v) is 1.69. The fourth-order valence-electron chi connectivity index (χ4n) is 1.15. The van der Waals surface area contributed by atoms with Crippen LogP contribution in [0.4, 0.5) is 17.7 Å². The highest BCUT2D eigenvalue weighted by Gasteiger charge is 2.05. The molecule has 6 nitrogen and oxygen atoms in total. The van der Waals surface area contributed by atoms with Gasteiger partial charge < -0.3 is 20.2 Å². The Morgan fingerprint density at radius 3 is 2.81 bits per heavy atom.